The van der Waals surface area contributed by atoms with Gasteiger partial charge in [-0.3, -0.25) is 9.69 Å². The average molecular weight is 449 g/mol. The number of fused-ring (bicyclic) bond motifs is 1. The van der Waals surface area contributed by atoms with Crippen LogP contribution in [0.5, 0.6) is 0 Å². The number of piperidine rings is 2. The molecule has 2 saturated heterocycles. The summed E-state index contributed by atoms with van der Waals surface area (Å²) >= 11 is 0. The molecule has 0 spiro atoms. The van der Waals surface area contributed by atoms with E-state index in [9.17, 15) is 13.2 Å². The maximum atomic E-state index is 13.1. The molecule has 0 atom stereocenters. The quantitative estimate of drug-likeness (QED) is 0.632. The fraction of sp³-hybridized carbons (Fsp3) is 0.636. The zero-order valence-electron chi connectivity index (χ0n) is 18.4. The van der Waals surface area contributed by atoms with E-state index in [1.54, 1.807) is 16.4 Å². The molecule has 0 bridgehead atoms. The van der Waals surface area contributed by atoms with Crippen LogP contribution in [0.4, 0.5) is 0 Å². The predicted octanol–water partition coefficient (Wildman–Crippen LogP) is 2.62. The van der Waals surface area contributed by atoms with Crippen LogP contribution in [-0.2, 0) is 32.6 Å². The van der Waals surface area contributed by atoms with E-state index in [-0.39, 0.29) is 11.9 Å². The molecule has 2 fully saturated rings. The van der Waals surface area contributed by atoms with Gasteiger partial charge in [0.25, 0.3) is 0 Å². The summed E-state index contributed by atoms with van der Waals surface area (Å²) in [6, 6.07) is 5.32. The van der Waals surface area contributed by atoms with Gasteiger partial charge in [-0.25, -0.2) is 13.4 Å². The van der Waals surface area contributed by atoms with Gasteiger partial charge in [0.1, 0.15) is 5.82 Å². The number of imidazole rings is 1. The highest BCUT2D eigenvalue weighted by atomic mass is 32.2. The molecule has 0 unspecified atom stereocenters. The first-order valence-electron chi connectivity index (χ1n) is 11.2. The van der Waals surface area contributed by atoms with Gasteiger partial charge in [-0.2, -0.15) is 4.31 Å². The van der Waals surface area contributed by atoms with Crippen molar-refractivity contribution in [2.75, 3.05) is 33.3 Å². The normalized spacial score (nSPS) is 19.7. The van der Waals surface area contributed by atoms with Gasteiger partial charge in [0, 0.05) is 19.6 Å². The molecule has 0 aliphatic carbocycles. The van der Waals surface area contributed by atoms with E-state index in [4.69, 9.17) is 9.72 Å². The number of methoxy groups -OCH3 is 1. The summed E-state index contributed by atoms with van der Waals surface area (Å²) in [5, 5.41) is 0. The second-order valence-electron chi connectivity index (χ2n) is 8.46. The zero-order chi connectivity index (χ0) is 22.0. The minimum atomic E-state index is -3.48. The van der Waals surface area contributed by atoms with E-state index in [1.165, 1.54) is 7.11 Å². The Bertz CT molecular complexity index is 1040. The van der Waals surface area contributed by atoms with Crippen LogP contribution in [0.25, 0.3) is 11.0 Å². The van der Waals surface area contributed by atoms with Crippen molar-refractivity contribution in [1.29, 1.82) is 0 Å². The first-order chi connectivity index (χ1) is 14.9. The predicted molar refractivity (Wildman–Crippen MR) is 118 cm³/mol. The van der Waals surface area contributed by atoms with E-state index in [0.29, 0.717) is 24.5 Å². The lowest BCUT2D eigenvalue weighted by Gasteiger charge is -2.30. The van der Waals surface area contributed by atoms with Crippen molar-refractivity contribution in [2.24, 2.45) is 5.92 Å². The summed E-state index contributed by atoms with van der Waals surface area (Å²) in [5.41, 5.74) is 1.68. The molecule has 2 aliphatic heterocycles. The number of ether oxygens (including phenoxy) is 1. The Morgan fingerprint density at radius 3 is 2.48 bits per heavy atom. The Kier molecular flexibility index (Phi) is 6.64. The van der Waals surface area contributed by atoms with Gasteiger partial charge < -0.3 is 9.30 Å². The largest absolute Gasteiger partial charge is 0.469 e. The maximum absolute atomic E-state index is 13.1. The van der Waals surface area contributed by atoms with Crippen molar-refractivity contribution in [3.8, 4) is 0 Å². The molecule has 170 valence electrons. The fourth-order valence-electron chi connectivity index (χ4n) is 4.74. The number of aromatic nitrogens is 2. The van der Waals surface area contributed by atoms with Gasteiger partial charge in [-0.1, -0.05) is 6.42 Å². The molecule has 0 saturated carbocycles. The van der Waals surface area contributed by atoms with Gasteiger partial charge in [0.15, 0.2) is 0 Å². The zero-order valence-corrected chi connectivity index (χ0v) is 19.2. The number of carbonyl (C=O) groups excluding carboxylic acids is 1. The number of benzene rings is 1. The van der Waals surface area contributed by atoms with Crippen molar-refractivity contribution in [3.63, 3.8) is 0 Å². The Labute approximate surface area is 184 Å². The molecule has 9 heteroatoms. The molecular weight excluding hydrogens is 416 g/mol. The number of carbonyl (C=O) groups is 1. The Morgan fingerprint density at radius 1 is 1.13 bits per heavy atom. The third-order valence-corrected chi connectivity index (χ3v) is 8.45. The fourth-order valence-corrected chi connectivity index (χ4v) is 6.28. The lowest BCUT2D eigenvalue weighted by atomic mass is 9.97. The van der Waals surface area contributed by atoms with Gasteiger partial charge in [0.2, 0.25) is 10.0 Å². The molecule has 2 aliphatic rings. The smallest absolute Gasteiger partial charge is 0.308 e. The van der Waals surface area contributed by atoms with E-state index < -0.39 is 10.0 Å². The monoisotopic (exact) mass is 448 g/mol. The summed E-state index contributed by atoms with van der Waals surface area (Å²) in [7, 11) is -2.04. The minimum absolute atomic E-state index is 0.0196. The number of rotatable bonds is 6. The summed E-state index contributed by atoms with van der Waals surface area (Å²) < 4.78 is 34.8. The lowest BCUT2D eigenvalue weighted by Crippen LogP contribution is -2.36. The number of hydrogen-bond acceptors (Lipinski definition) is 6. The van der Waals surface area contributed by atoms with E-state index in [2.05, 4.69) is 16.4 Å². The second kappa shape index (κ2) is 9.26. The number of aryl methyl sites for hydroxylation is 1. The van der Waals surface area contributed by atoms with Gasteiger partial charge in [0.05, 0.1) is 35.5 Å². The third kappa shape index (κ3) is 4.49. The van der Waals surface area contributed by atoms with Crippen LogP contribution in [0.3, 0.4) is 0 Å². The van der Waals surface area contributed by atoms with Crippen LogP contribution in [0.2, 0.25) is 0 Å². The molecule has 0 N–H and O–H groups in total. The first-order valence-corrected chi connectivity index (χ1v) is 12.7. The Balaban J connectivity index is 1.54. The standard InChI is InChI=1S/C22H32N4O4S/c1-3-26-20-8-7-18(31(28,29)25-11-5-4-6-12-25)15-19(20)23-21(26)16-24-13-9-17(10-14-24)22(27)30-2/h7-8,15,17H,3-6,9-14,16H2,1-2H3. The van der Waals surface area contributed by atoms with Crippen LogP contribution >= 0.6 is 0 Å². The van der Waals surface area contributed by atoms with Crippen molar-refractivity contribution in [3.05, 3.63) is 24.0 Å². The number of likely N-dealkylation sites (tertiary alicyclic amines) is 1. The van der Waals surface area contributed by atoms with Crippen molar-refractivity contribution < 1.29 is 17.9 Å². The molecule has 0 radical (unpaired) electrons. The van der Waals surface area contributed by atoms with Crippen LogP contribution in [0, 0.1) is 5.92 Å². The Hall–Kier alpha value is -1.97. The average Bonchev–Trinajstić information content (AvgIpc) is 3.15. The molecule has 2 aromatic rings. The van der Waals surface area contributed by atoms with Crippen LogP contribution < -0.4 is 0 Å². The minimum Gasteiger partial charge on any atom is -0.469 e. The first kappa shape index (κ1) is 22.2. The molecule has 4 rings (SSSR count). The van der Waals surface area contributed by atoms with E-state index >= 15 is 0 Å². The number of nitrogens with zero attached hydrogens (tertiary/aromatic N) is 4. The Morgan fingerprint density at radius 2 is 1.84 bits per heavy atom. The number of hydrogen-bond donors (Lipinski definition) is 0. The number of esters is 1. The number of sulfonamides is 1. The molecule has 31 heavy (non-hydrogen) atoms. The third-order valence-electron chi connectivity index (χ3n) is 6.55. The van der Waals surface area contributed by atoms with Gasteiger partial charge in [-0.05, 0) is 63.9 Å². The van der Waals surface area contributed by atoms with Gasteiger partial charge >= 0.3 is 5.97 Å². The van der Waals surface area contributed by atoms with Gasteiger partial charge in [-0.15, -0.1) is 0 Å². The van der Waals surface area contributed by atoms with E-state index in [1.807, 2.05) is 6.07 Å². The second-order valence-corrected chi connectivity index (χ2v) is 10.4. The summed E-state index contributed by atoms with van der Waals surface area (Å²) in [5.74, 6) is 0.790. The maximum Gasteiger partial charge on any atom is 0.308 e. The molecule has 1 aromatic carbocycles. The van der Waals surface area contributed by atoms with Crippen molar-refractivity contribution >= 4 is 27.0 Å². The van der Waals surface area contributed by atoms with Crippen LogP contribution in [0.1, 0.15) is 44.9 Å². The molecule has 1 aromatic heterocycles. The topological polar surface area (TPSA) is 84.7 Å². The summed E-state index contributed by atoms with van der Waals surface area (Å²) in [6.07, 6.45) is 4.51. The van der Waals surface area contributed by atoms with E-state index in [0.717, 1.165) is 68.6 Å². The molecule has 0 amide bonds. The highest BCUT2D eigenvalue weighted by Gasteiger charge is 2.28. The molecular formula is C22H32N4O4S. The van der Waals surface area contributed by atoms with Crippen molar-refractivity contribution in [1.82, 2.24) is 18.8 Å². The SMILES string of the molecule is CCn1c(CN2CCC(C(=O)OC)CC2)nc2cc(S(=O)(=O)N3CCCCC3)ccc21. The molecule has 3 heterocycles. The highest BCUT2D eigenvalue weighted by Crippen LogP contribution is 2.26. The highest BCUT2D eigenvalue weighted by molar-refractivity contribution is 7.89. The summed E-state index contributed by atoms with van der Waals surface area (Å²) in [4.78, 5) is 19.2. The lowest BCUT2D eigenvalue weighted by molar-refractivity contribution is -0.147. The van der Waals surface area contributed by atoms with Crippen molar-refractivity contribution in [2.45, 2.75) is 57.0 Å². The van der Waals surface area contributed by atoms with Crippen LogP contribution in [-0.4, -0.2) is 66.4 Å². The van der Waals surface area contributed by atoms with Crippen LogP contribution in [0.15, 0.2) is 23.1 Å². The molecule has 8 nitrogen and oxygen atoms in total. The summed E-state index contributed by atoms with van der Waals surface area (Å²) in [6.45, 7) is 6.36.